The number of halogens is 1. The van der Waals surface area contributed by atoms with Crippen LogP contribution in [0.5, 0.6) is 0 Å². The minimum Gasteiger partial charge on any atom is -0.550 e. The first-order valence-electron chi connectivity index (χ1n) is 3.68. The fourth-order valence-corrected chi connectivity index (χ4v) is 0.789. The second-order valence-corrected chi connectivity index (χ2v) is 2.59. The summed E-state index contributed by atoms with van der Waals surface area (Å²) in [6, 6.07) is 0. The molecule has 0 aromatic heterocycles. The molecule has 0 N–H and O–H groups in total. The summed E-state index contributed by atoms with van der Waals surface area (Å²) >= 11 is 5.41. The van der Waals surface area contributed by atoms with Gasteiger partial charge in [0.05, 0.1) is 0 Å². The predicted octanol–water partition coefficient (Wildman–Crippen LogP) is -1.90. The van der Waals surface area contributed by atoms with Gasteiger partial charge in [-0.2, -0.15) is 0 Å². The summed E-state index contributed by atoms with van der Waals surface area (Å²) in [5, 5.41) is 9.93. The van der Waals surface area contributed by atoms with E-state index in [0.29, 0.717) is 12.3 Å². The van der Waals surface area contributed by atoms with E-state index in [-0.39, 0.29) is 36.0 Å². The van der Waals surface area contributed by atoms with Crippen molar-refractivity contribution in [3.63, 3.8) is 0 Å². The summed E-state index contributed by atoms with van der Waals surface area (Å²) in [6.45, 7) is 0. The number of carbonyl (C=O) groups excluding carboxylic acids is 1. The van der Waals surface area contributed by atoms with Crippen LogP contribution >= 0.6 is 11.6 Å². The molecule has 0 spiro atoms. The molecule has 0 aliphatic carbocycles. The van der Waals surface area contributed by atoms with E-state index >= 15 is 0 Å². The topological polar surface area (TPSA) is 40.1 Å². The zero-order chi connectivity index (χ0) is 8.53. The van der Waals surface area contributed by atoms with Crippen LogP contribution in [0.2, 0.25) is 0 Å². The Bertz CT molecular complexity index is 137. The van der Waals surface area contributed by atoms with Crippen molar-refractivity contribution in [3.05, 3.63) is 12.2 Å². The Morgan fingerprint density at radius 1 is 1.33 bits per heavy atom. The molecule has 12 heavy (non-hydrogen) atoms. The van der Waals surface area contributed by atoms with Gasteiger partial charge >= 0.3 is 29.6 Å². The fourth-order valence-electron chi connectivity index (χ4n) is 0.663. The van der Waals surface area contributed by atoms with Gasteiger partial charge in [-0.05, 0) is 25.7 Å². The average Bonchev–Trinajstić information content (AvgIpc) is 1.96. The number of aliphatic carboxylic acids is 1. The molecule has 0 amide bonds. The molecule has 2 nitrogen and oxygen atoms in total. The second kappa shape index (κ2) is 11.5. The van der Waals surface area contributed by atoms with Crippen molar-refractivity contribution in [2.24, 2.45) is 0 Å². The summed E-state index contributed by atoms with van der Waals surface area (Å²) < 4.78 is 0. The van der Waals surface area contributed by atoms with E-state index in [0.717, 1.165) is 12.8 Å². The third-order valence-corrected chi connectivity index (χ3v) is 1.41. The Hall–Kier alpha value is 0.500. The van der Waals surface area contributed by atoms with Crippen molar-refractivity contribution in [1.82, 2.24) is 0 Å². The van der Waals surface area contributed by atoms with Crippen LogP contribution in [0, 0.1) is 0 Å². The fraction of sp³-hybridized carbons (Fsp3) is 0.625. The molecule has 0 saturated heterocycles. The first-order chi connectivity index (χ1) is 5.27. The summed E-state index contributed by atoms with van der Waals surface area (Å²) in [4.78, 5) is 9.93. The summed E-state index contributed by atoms with van der Waals surface area (Å²) in [7, 11) is 0. The number of carboxylic acid groups (broad SMARTS) is 1. The predicted molar refractivity (Wildman–Crippen MR) is 43.3 cm³/mol. The van der Waals surface area contributed by atoms with Crippen molar-refractivity contribution in [2.45, 2.75) is 25.7 Å². The molecule has 0 unspecified atom stereocenters. The molecule has 0 saturated carbocycles. The van der Waals surface area contributed by atoms with Crippen LogP contribution in [0.3, 0.4) is 0 Å². The molecule has 64 valence electrons. The molecular weight excluding hydrogens is 187 g/mol. The molecule has 0 aromatic rings. The monoisotopic (exact) mass is 198 g/mol. The van der Waals surface area contributed by atoms with E-state index in [2.05, 4.69) is 0 Å². The SMILES string of the molecule is O=C([O-])CCC/C=C/CCCl.[Na+]. The van der Waals surface area contributed by atoms with Gasteiger partial charge in [0.2, 0.25) is 0 Å². The van der Waals surface area contributed by atoms with E-state index in [1.165, 1.54) is 0 Å². The standard InChI is InChI=1S/C8H13ClO2.Na/c9-7-5-3-1-2-4-6-8(10)11;/h1,3H,2,4-7H2,(H,10,11);/q;+1/p-1/b3-1+;. The Morgan fingerprint density at radius 2 is 1.92 bits per heavy atom. The summed E-state index contributed by atoms with van der Waals surface area (Å²) in [5.74, 6) is -0.354. The second-order valence-electron chi connectivity index (χ2n) is 2.21. The number of carboxylic acids is 1. The number of rotatable bonds is 6. The number of carbonyl (C=O) groups is 1. The Kier molecular flexibility index (Phi) is 14.4. The first-order valence-corrected chi connectivity index (χ1v) is 4.21. The molecule has 0 atom stereocenters. The van der Waals surface area contributed by atoms with Crippen molar-refractivity contribution in [3.8, 4) is 0 Å². The molecule has 0 radical (unpaired) electrons. The molecule has 0 aliphatic heterocycles. The molecule has 0 aliphatic rings. The van der Waals surface area contributed by atoms with Crippen LogP contribution in [-0.2, 0) is 4.79 Å². The van der Waals surface area contributed by atoms with Gasteiger partial charge in [-0.15, -0.1) is 11.6 Å². The van der Waals surface area contributed by atoms with Crippen LogP contribution in [0.25, 0.3) is 0 Å². The van der Waals surface area contributed by atoms with E-state index in [4.69, 9.17) is 11.6 Å². The molecule has 4 heteroatoms. The quantitative estimate of drug-likeness (QED) is 0.216. The van der Waals surface area contributed by atoms with E-state index in [1.807, 2.05) is 12.2 Å². The van der Waals surface area contributed by atoms with E-state index < -0.39 is 5.97 Å². The van der Waals surface area contributed by atoms with Gasteiger partial charge in [0, 0.05) is 11.8 Å². The van der Waals surface area contributed by atoms with Crippen LogP contribution in [-0.4, -0.2) is 11.8 Å². The molecule has 0 rings (SSSR count). The molecule has 0 heterocycles. The zero-order valence-electron chi connectivity index (χ0n) is 7.38. The van der Waals surface area contributed by atoms with Gasteiger partial charge in [0.1, 0.15) is 0 Å². The maximum Gasteiger partial charge on any atom is 1.00 e. The van der Waals surface area contributed by atoms with Crippen molar-refractivity contribution in [2.75, 3.05) is 5.88 Å². The molecular formula is C8H12ClNaO2. The van der Waals surface area contributed by atoms with Gasteiger partial charge in [0.25, 0.3) is 0 Å². The van der Waals surface area contributed by atoms with Gasteiger partial charge in [0.15, 0.2) is 0 Å². The smallest absolute Gasteiger partial charge is 0.550 e. The number of hydrogen-bond acceptors (Lipinski definition) is 2. The molecule has 0 aromatic carbocycles. The third kappa shape index (κ3) is 13.1. The van der Waals surface area contributed by atoms with Gasteiger partial charge in [-0.25, -0.2) is 0 Å². The van der Waals surface area contributed by atoms with Crippen molar-refractivity contribution in [1.29, 1.82) is 0 Å². The van der Waals surface area contributed by atoms with Gasteiger partial charge in [-0.3, -0.25) is 0 Å². The zero-order valence-corrected chi connectivity index (χ0v) is 10.1. The van der Waals surface area contributed by atoms with E-state index in [1.54, 1.807) is 0 Å². The van der Waals surface area contributed by atoms with E-state index in [9.17, 15) is 9.90 Å². The first kappa shape index (κ1) is 15.0. The minimum absolute atomic E-state index is 0. The largest absolute Gasteiger partial charge is 1.00 e. The third-order valence-electron chi connectivity index (χ3n) is 1.19. The van der Waals surface area contributed by atoms with Crippen LogP contribution in [0.4, 0.5) is 0 Å². The normalized spacial score (nSPS) is 9.75. The average molecular weight is 199 g/mol. The van der Waals surface area contributed by atoms with Crippen molar-refractivity contribution >= 4 is 17.6 Å². The van der Waals surface area contributed by atoms with Gasteiger partial charge in [-0.1, -0.05) is 12.2 Å². The number of alkyl halides is 1. The minimum atomic E-state index is -0.976. The van der Waals surface area contributed by atoms with Crippen LogP contribution in [0.1, 0.15) is 25.7 Å². The molecule has 0 bridgehead atoms. The Morgan fingerprint density at radius 3 is 2.42 bits per heavy atom. The molecule has 0 fully saturated rings. The maximum absolute atomic E-state index is 9.93. The van der Waals surface area contributed by atoms with Crippen molar-refractivity contribution < 1.29 is 39.5 Å². The summed E-state index contributed by atoms with van der Waals surface area (Å²) in [6.07, 6.45) is 6.36. The Balaban J connectivity index is 0. The number of unbranched alkanes of at least 4 members (excludes halogenated alkanes) is 1. The van der Waals surface area contributed by atoms with Crippen LogP contribution in [0.15, 0.2) is 12.2 Å². The van der Waals surface area contributed by atoms with Gasteiger partial charge < -0.3 is 9.90 Å². The summed E-state index contributed by atoms with van der Waals surface area (Å²) in [5.41, 5.74) is 0. The van der Waals surface area contributed by atoms with Crippen LogP contribution < -0.4 is 34.7 Å². The number of allylic oxidation sites excluding steroid dienone is 2. The number of hydrogen-bond donors (Lipinski definition) is 0. The maximum atomic E-state index is 9.93. The Labute approximate surface area is 100 Å².